The smallest absolute Gasteiger partial charge is 0.238 e. The van der Waals surface area contributed by atoms with Crippen molar-refractivity contribution in [3.05, 3.63) is 228 Å². The van der Waals surface area contributed by atoms with E-state index >= 15 is 0 Å². The summed E-state index contributed by atoms with van der Waals surface area (Å²) in [6, 6.07) is 69.7. The minimum absolute atomic E-state index is 0.209. The molecule has 0 amide bonds. The van der Waals surface area contributed by atoms with Crippen LogP contribution in [0.3, 0.4) is 0 Å². The summed E-state index contributed by atoms with van der Waals surface area (Å²) in [4.78, 5) is 23.8. The molecule has 0 fully saturated rings. The van der Waals surface area contributed by atoms with Crippen LogP contribution in [0.1, 0.15) is 74.9 Å². The predicted octanol–water partition coefficient (Wildman–Crippen LogP) is 15.5. The van der Waals surface area contributed by atoms with Gasteiger partial charge in [0.05, 0.1) is 45.5 Å². The maximum Gasteiger partial charge on any atom is 0.238 e. The molecule has 3 aliphatic rings. The second kappa shape index (κ2) is 14.6. The van der Waals surface area contributed by atoms with Crippen LogP contribution in [-0.2, 0) is 16.2 Å². The van der Waals surface area contributed by atoms with Gasteiger partial charge >= 0.3 is 0 Å². The molecule has 66 heavy (non-hydrogen) atoms. The van der Waals surface area contributed by atoms with Crippen molar-refractivity contribution >= 4 is 51.4 Å². The molecule has 8 aromatic carbocycles. The van der Waals surface area contributed by atoms with Gasteiger partial charge in [0.1, 0.15) is 0 Å². The Bertz CT molecular complexity index is 3080. The average Bonchev–Trinajstić information content (AvgIpc) is 3.35. The van der Waals surface area contributed by atoms with E-state index in [9.17, 15) is 0 Å². The van der Waals surface area contributed by atoms with Crippen LogP contribution < -0.4 is 14.7 Å². The number of hydrogen-bond donors (Lipinski definition) is 0. The molecular weight excluding hydrogens is 805 g/mol. The lowest BCUT2D eigenvalue weighted by atomic mass is 9.73. The molecule has 3 aliphatic heterocycles. The van der Waals surface area contributed by atoms with Gasteiger partial charge in [0.2, 0.25) is 5.95 Å². The number of fused-ring (bicyclic) bond motifs is 6. The average molecular weight is 855 g/mol. The van der Waals surface area contributed by atoms with Crippen LogP contribution in [0.15, 0.2) is 194 Å². The summed E-state index contributed by atoms with van der Waals surface area (Å²) in [7, 11) is 0. The van der Waals surface area contributed by atoms with Crippen LogP contribution in [0, 0.1) is 0 Å². The largest absolute Gasteiger partial charge is 0.309 e. The monoisotopic (exact) mass is 854 g/mol. The van der Waals surface area contributed by atoms with Gasteiger partial charge in [-0.2, -0.15) is 9.97 Å². The highest BCUT2D eigenvalue weighted by Gasteiger charge is 2.41. The highest BCUT2D eigenvalue weighted by atomic mass is 15.3. The highest BCUT2D eigenvalue weighted by molar-refractivity contribution is 5.95. The van der Waals surface area contributed by atoms with Crippen LogP contribution >= 0.6 is 0 Å². The standard InChI is InChI=1S/C60H50N6/c1-58(2)41-25-9-17-33-49(41)64(50-34-18-10-26-42(50)58)47-31-15-7-23-39(47)55-61-56(63-57(62-55)66-53-37-21-13-29-45(53)60(5,6)46-30-14-22-38-54(46)66)40-24-8-16-32-48(40)65-51-35-19-11-27-43(51)59(3,4)44-28-12-20-36-52(44)65/h7-38H,1-6H3. The van der Waals surface area contributed by atoms with Crippen LogP contribution in [0.4, 0.5) is 51.4 Å². The first-order valence-electron chi connectivity index (χ1n) is 23.0. The van der Waals surface area contributed by atoms with Gasteiger partial charge in [-0.15, -0.1) is 0 Å². The topological polar surface area (TPSA) is 48.4 Å². The van der Waals surface area contributed by atoms with Gasteiger partial charge in [0, 0.05) is 27.4 Å². The van der Waals surface area contributed by atoms with E-state index in [4.69, 9.17) is 15.0 Å². The molecule has 0 saturated carbocycles. The van der Waals surface area contributed by atoms with E-state index in [-0.39, 0.29) is 16.2 Å². The zero-order valence-electron chi connectivity index (χ0n) is 38.2. The Balaban J connectivity index is 1.14. The van der Waals surface area contributed by atoms with E-state index in [0.717, 1.165) is 56.6 Å². The molecule has 0 radical (unpaired) electrons. The van der Waals surface area contributed by atoms with Gasteiger partial charge in [-0.05, 0) is 94.0 Å². The number of benzene rings is 8. The lowest BCUT2D eigenvalue weighted by Gasteiger charge is -2.42. The van der Waals surface area contributed by atoms with Crippen molar-refractivity contribution in [2.24, 2.45) is 0 Å². The second-order valence-electron chi connectivity index (χ2n) is 19.3. The summed E-state index contributed by atoms with van der Waals surface area (Å²) in [5.41, 5.74) is 17.2. The molecule has 0 bridgehead atoms. The SMILES string of the molecule is CC1(C)c2ccccc2N(c2nc(-c3ccccc3N3c4ccccc4C(C)(C)c4ccccc43)nc(-c3ccccc3N3c4ccccc4C(C)(C)c4ccccc43)n2)c2ccccc21. The van der Waals surface area contributed by atoms with Gasteiger partial charge in [-0.1, -0.05) is 175 Å². The normalized spacial score (nSPS) is 15.7. The molecule has 320 valence electrons. The van der Waals surface area contributed by atoms with Crippen LogP contribution in [0.2, 0.25) is 0 Å². The Kier molecular flexibility index (Phi) is 8.79. The maximum atomic E-state index is 5.60. The van der Waals surface area contributed by atoms with Gasteiger partial charge in [0.25, 0.3) is 0 Å². The van der Waals surface area contributed by atoms with Crippen molar-refractivity contribution < 1.29 is 0 Å². The molecule has 0 atom stereocenters. The van der Waals surface area contributed by atoms with Gasteiger partial charge in [-0.3, -0.25) is 4.90 Å². The number of para-hydroxylation sites is 8. The Morgan fingerprint density at radius 2 is 0.485 bits per heavy atom. The fraction of sp³-hybridized carbons (Fsp3) is 0.150. The molecule has 6 nitrogen and oxygen atoms in total. The maximum absolute atomic E-state index is 5.60. The molecule has 0 saturated heterocycles. The summed E-state index contributed by atoms with van der Waals surface area (Å²) in [6.45, 7) is 13.9. The Morgan fingerprint density at radius 1 is 0.258 bits per heavy atom. The van der Waals surface area contributed by atoms with E-state index in [2.05, 4.69) is 250 Å². The lowest BCUT2D eigenvalue weighted by molar-refractivity contribution is 0.630. The van der Waals surface area contributed by atoms with Crippen molar-refractivity contribution in [1.82, 2.24) is 15.0 Å². The molecular formula is C60H50N6. The fourth-order valence-electron chi connectivity index (χ4n) is 11.2. The van der Waals surface area contributed by atoms with E-state index < -0.39 is 0 Å². The van der Waals surface area contributed by atoms with Crippen molar-refractivity contribution in [2.45, 2.75) is 57.8 Å². The Morgan fingerprint density at radius 3 is 0.773 bits per heavy atom. The van der Waals surface area contributed by atoms with Crippen molar-refractivity contribution in [1.29, 1.82) is 0 Å². The minimum Gasteiger partial charge on any atom is -0.309 e. The number of nitrogens with zero attached hydrogens (tertiary/aromatic N) is 6. The predicted molar refractivity (Wildman–Crippen MR) is 271 cm³/mol. The van der Waals surface area contributed by atoms with Crippen LogP contribution in [-0.4, -0.2) is 15.0 Å². The summed E-state index contributed by atoms with van der Waals surface area (Å²) in [5.74, 6) is 1.72. The third kappa shape index (κ3) is 5.77. The molecule has 1 aromatic heterocycles. The van der Waals surface area contributed by atoms with E-state index in [1.54, 1.807) is 0 Å². The first-order valence-corrected chi connectivity index (χ1v) is 23.0. The molecule has 0 unspecified atom stereocenters. The second-order valence-corrected chi connectivity index (χ2v) is 19.3. The molecule has 6 heteroatoms. The molecule has 4 heterocycles. The summed E-state index contributed by atoms with van der Waals surface area (Å²) >= 11 is 0. The molecule has 0 N–H and O–H groups in total. The van der Waals surface area contributed by atoms with Crippen molar-refractivity contribution in [2.75, 3.05) is 14.7 Å². The van der Waals surface area contributed by atoms with Crippen molar-refractivity contribution in [3.8, 4) is 22.8 Å². The van der Waals surface area contributed by atoms with Gasteiger partial charge < -0.3 is 9.80 Å². The Hall–Kier alpha value is -7.83. The summed E-state index contributed by atoms with van der Waals surface area (Å²) in [6.07, 6.45) is 0. The van der Waals surface area contributed by atoms with E-state index in [0.29, 0.717) is 17.6 Å². The molecule has 0 spiro atoms. The van der Waals surface area contributed by atoms with Gasteiger partial charge in [-0.25, -0.2) is 4.98 Å². The summed E-state index contributed by atoms with van der Waals surface area (Å²) < 4.78 is 0. The van der Waals surface area contributed by atoms with Crippen LogP contribution in [0.25, 0.3) is 22.8 Å². The third-order valence-electron chi connectivity index (χ3n) is 14.5. The number of hydrogen-bond acceptors (Lipinski definition) is 6. The zero-order chi connectivity index (χ0) is 45.0. The fourth-order valence-corrected chi connectivity index (χ4v) is 11.2. The van der Waals surface area contributed by atoms with Gasteiger partial charge in [0.15, 0.2) is 11.6 Å². The molecule has 9 aromatic rings. The lowest BCUT2D eigenvalue weighted by Crippen LogP contribution is -2.31. The zero-order valence-corrected chi connectivity index (χ0v) is 38.2. The quantitative estimate of drug-likeness (QED) is 0.172. The third-order valence-corrected chi connectivity index (χ3v) is 14.5. The van der Waals surface area contributed by atoms with E-state index in [1.165, 1.54) is 33.4 Å². The summed E-state index contributed by atoms with van der Waals surface area (Å²) in [5, 5.41) is 0. The number of rotatable bonds is 5. The highest BCUT2D eigenvalue weighted by Crippen LogP contribution is 2.56. The number of aromatic nitrogens is 3. The first-order chi connectivity index (χ1) is 32.0. The Labute approximate surface area is 387 Å². The van der Waals surface area contributed by atoms with Crippen molar-refractivity contribution in [3.63, 3.8) is 0 Å². The minimum atomic E-state index is -0.257. The number of anilines is 9. The molecule has 12 rings (SSSR count). The van der Waals surface area contributed by atoms with Crippen LogP contribution in [0.5, 0.6) is 0 Å². The first kappa shape index (κ1) is 39.7. The van der Waals surface area contributed by atoms with E-state index in [1.807, 2.05) is 0 Å². The molecule has 0 aliphatic carbocycles.